The average Bonchev–Trinajstić information content (AvgIpc) is 2.52. The van der Waals surface area contributed by atoms with Gasteiger partial charge in [-0.15, -0.1) is 0 Å². The van der Waals surface area contributed by atoms with Gasteiger partial charge in [-0.1, -0.05) is 42.5 Å². The molecule has 1 N–H and O–H groups in total. The molecule has 2 nitrogen and oxygen atoms in total. The molecule has 2 aromatic carbocycles. The summed E-state index contributed by atoms with van der Waals surface area (Å²) in [4.78, 5) is 0. The van der Waals surface area contributed by atoms with Gasteiger partial charge in [0.1, 0.15) is 5.75 Å². The Labute approximate surface area is 126 Å². The lowest BCUT2D eigenvalue weighted by Crippen LogP contribution is -2.12. The molecular weight excluding hydrogens is 293 g/mol. The van der Waals surface area contributed by atoms with Gasteiger partial charge in [0, 0.05) is 0 Å². The van der Waals surface area contributed by atoms with Crippen molar-refractivity contribution < 1.29 is 23.0 Å². The van der Waals surface area contributed by atoms with Gasteiger partial charge in [-0.25, -0.2) is 0 Å². The van der Waals surface area contributed by atoms with Crippen molar-refractivity contribution in [2.24, 2.45) is 0 Å². The smallest absolute Gasteiger partial charge is 0.416 e. The minimum Gasteiger partial charge on any atom is -0.497 e. The van der Waals surface area contributed by atoms with Gasteiger partial charge in [0.05, 0.1) is 18.8 Å². The Kier molecular flexibility index (Phi) is 4.88. The van der Waals surface area contributed by atoms with E-state index in [0.29, 0.717) is 11.3 Å². The van der Waals surface area contributed by atoms with Crippen molar-refractivity contribution in [2.75, 3.05) is 7.11 Å². The zero-order valence-corrected chi connectivity index (χ0v) is 11.8. The number of allylic oxidation sites excluding steroid dienone is 1. The van der Waals surface area contributed by atoms with Gasteiger partial charge in [0.25, 0.3) is 0 Å². The van der Waals surface area contributed by atoms with E-state index in [9.17, 15) is 18.3 Å². The van der Waals surface area contributed by atoms with Crippen molar-refractivity contribution in [1.29, 1.82) is 0 Å². The molecular formula is C17H15F3O2. The van der Waals surface area contributed by atoms with Crippen LogP contribution in [0.4, 0.5) is 13.2 Å². The molecule has 116 valence electrons. The summed E-state index contributed by atoms with van der Waals surface area (Å²) in [7, 11) is 1.44. The number of aliphatic hydroxyl groups excluding tert-OH is 1. The Morgan fingerprint density at radius 1 is 1.05 bits per heavy atom. The van der Waals surface area contributed by atoms with Crippen LogP contribution in [0.1, 0.15) is 17.2 Å². The zero-order chi connectivity index (χ0) is 16.2. The quantitative estimate of drug-likeness (QED) is 0.908. The highest BCUT2D eigenvalue weighted by molar-refractivity contribution is 5.70. The maximum absolute atomic E-state index is 13.3. The molecule has 2 rings (SSSR count). The molecule has 0 aliphatic heterocycles. The molecule has 2 aromatic rings. The van der Waals surface area contributed by atoms with Crippen LogP contribution in [0, 0.1) is 0 Å². The van der Waals surface area contributed by atoms with E-state index in [1.54, 1.807) is 30.3 Å². The summed E-state index contributed by atoms with van der Waals surface area (Å²) in [6.07, 6.45) is -5.08. The summed E-state index contributed by atoms with van der Waals surface area (Å²) < 4.78 is 44.7. The van der Waals surface area contributed by atoms with Crippen molar-refractivity contribution in [1.82, 2.24) is 0 Å². The fourth-order valence-corrected chi connectivity index (χ4v) is 2.03. The summed E-state index contributed by atoms with van der Waals surface area (Å²) >= 11 is 0. The Hall–Kier alpha value is -2.27. The minimum atomic E-state index is -4.57. The largest absolute Gasteiger partial charge is 0.497 e. The van der Waals surface area contributed by atoms with E-state index in [1.165, 1.54) is 31.4 Å². The highest BCUT2D eigenvalue weighted by Crippen LogP contribution is 2.36. The van der Waals surface area contributed by atoms with Gasteiger partial charge in [0.15, 0.2) is 0 Å². The van der Waals surface area contributed by atoms with Crippen LogP contribution in [-0.2, 0) is 0 Å². The van der Waals surface area contributed by atoms with Crippen LogP contribution >= 0.6 is 0 Å². The van der Waals surface area contributed by atoms with Gasteiger partial charge in [0.2, 0.25) is 0 Å². The maximum Gasteiger partial charge on any atom is 0.416 e. The van der Waals surface area contributed by atoms with E-state index >= 15 is 0 Å². The monoisotopic (exact) mass is 308 g/mol. The molecule has 0 bridgehead atoms. The first-order chi connectivity index (χ1) is 10.4. The predicted octanol–water partition coefficient (Wildman–Crippen LogP) is 4.37. The van der Waals surface area contributed by atoms with Crippen molar-refractivity contribution in [3.63, 3.8) is 0 Å². The summed E-state index contributed by atoms with van der Waals surface area (Å²) in [5.74, 6) is 0.467. The molecule has 0 aliphatic carbocycles. The highest BCUT2D eigenvalue weighted by Gasteiger charge is 2.35. The number of ether oxygens (including phenoxy) is 1. The van der Waals surface area contributed by atoms with E-state index in [4.69, 9.17) is 4.74 Å². The van der Waals surface area contributed by atoms with Crippen molar-refractivity contribution in [3.05, 3.63) is 71.8 Å². The number of alkyl halides is 3. The van der Waals surface area contributed by atoms with E-state index in [2.05, 4.69) is 0 Å². The molecule has 0 saturated heterocycles. The molecule has 22 heavy (non-hydrogen) atoms. The summed E-state index contributed by atoms with van der Waals surface area (Å²) in [5, 5.41) is 10.0. The molecule has 0 saturated carbocycles. The Morgan fingerprint density at radius 2 is 1.64 bits per heavy atom. The van der Waals surface area contributed by atoms with Gasteiger partial charge in [-0.05, 0) is 29.3 Å². The third-order valence-corrected chi connectivity index (χ3v) is 3.17. The van der Waals surface area contributed by atoms with Gasteiger partial charge >= 0.3 is 6.18 Å². The topological polar surface area (TPSA) is 29.5 Å². The van der Waals surface area contributed by atoms with E-state index < -0.39 is 17.9 Å². The van der Waals surface area contributed by atoms with E-state index in [0.717, 1.165) is 6.08 Å². The zero-order valence-electron chi connectivity index (χ0n) is 11.8. The fourth-order valence-electron chi connectivity index (χ4n) is 2.03. The lowest BCUT2D eigenvalue weighted by molar-refractivity contribution is -0.0695. The number of hydrogen-bond acceptors (Lipinski definition) is 2. The molecule has 0 amide bonds. The molecule has 0 unspecified atom stereocenters. The van der Waals surface area contributed by atoms with Crippen LogP contribution in [0.2, 0.25) is 0 Å². The fraction of sp³-hybridized carbons (Fsp3) is 0.176. The van der Waals surface area contributed by atoms with Crippen molar-refractivity contribution in [2.45, 2.75) is 12.3 Å². The first-order valence-electron chi connectivity index (χ1n) is 6.58. The van der Waals surface area contributed by atoms with E-state index in [1.807, 2.05) is 0 Å². The Morgan fingerprint density at radius 3 is 2.14 bits per heavy atom. The predicted molar refractivity (Wildman–Crippen MR) is 78.4 cm³/mol. The maximum atomic E-state index is 13.3. The Balaban J connectivity index is 2.39. The SMILES string of the molecule is COc1ccc(/C(=C\[C@@H](O)c2ccccc2)C(F)(F)F)cc1. The van der Waals surface area contributed by atoms with Crippen LogP contribution in [0.15, 0.2) is 60.7 Å². The summed E-state index contributed by atoms with van der Waals surface area (Å²) in [6.45, 7) is 0. The number of halogens is 3. The molecule has 0 heterocycles. The summed E-state index contributed by atoms with van der Waals surface area (Å²) in [5.41, 5.74) is -0.507. The number of rotatable bonds is 4. The van der Waals surface area contributed by atoms with Gasteiger partial charge in [-0.2, -0.15) is 13.2 Å². The lowest BCUT2D eigenvalue weighted by Gasteiger charge is -2.15. The lowest BCUT2D eigenvalue weighted by atomic mass is 10.0. The van der Waals surface area contributed by atoms with Crippen LogP contribution in [0.25, 0.3) is 5.57 Å². The Bertz CT molecular complexity index is 631. The second-order valence-corrected chi connectivity index (χ2v) is 4.66. The number of hydrogen-bond donors (Lipinski definition) is 1. The van der Waals surface area contributed by atoms with Crippen LogP contribution in [-0.4, -0.2) is 18.4 Å². The van der Waals surface area contributed by atoms with Gasteiger partial charge in [-0.3, -0.25) is 0 Å². The van der Waals surface area contributed by atoms with E-state index in [-0.39, 0.29) is 5.56 Å². The second-order valence-electron chi connectivity index (χ2n) is 4.66. The molecule has 0 radical (unpaired) electrons. The van der Waals surface area contributed by atoms with Crippen LogP contribution in [0.3, 0.4) is 0 Å². The number of methoxy groups -OCH3 is 1. The third kappa shape index (κ3) is 3.89. The first kappa shape index (κ1) is 16.1. The number of benzene rings is 2. The average molecular weight is 308 g/mol. The second kappa shape index (κ2) is 6.66. The van der Waals surface area contributed by atoms with Crippen LogP contribution < -0.4 is 4.74 Å². The molecule has 0 spiro atoms. The third-order valence-electron chi connectivity index (χ3n) is 3.17. The standard InChI is InChI=1S/C17H15F3O2/c1-22-14-9-7-12(8-10-14)15(17(18,19)20)11-16(21)13-5-3-2-4-6-13/h2-11,16,21H,1H3/b15-11+/t16-/m1/s1. The molecule has 1 atom stereocenters. The van der Waals surface area contributed by atoms with Crippen molar-refractivity contribution >= 4 is 5.57 Å². The highest BCUT2D eigenvalue weighted by atomic mass is 19.4. The normalized spacial score (nSPS) is 13.8. The molecule has 0 aromatic heterocycles. The van der Waals surface area contributed by atoms with Crippen molar-refractivity contribution in [3.8, 4) is 5.75 Å². The molecule has 5 heteroatoms. The minimum absolute atomic E-state index is 0.0247. The molecule has 0 fully saturated rings. The molecule has 0 aliphatic rings. The van der Waals surface area contributed by atoms with Crippen LogP contribution in [0.5, 0.6) is 5.75 Å². The number of aliphatic hydroxyl groups is 1. The summed E-state index contributed by atoms with van der Waals surface area (Å²) in [6, 6.07) is 13.7. The van der Waals surface area contributed by atoms with Gasteiger partial charge < -0.3 is 9.84 Å². The first-order valence-corrected chi connectivity index (χ1v) is 6.58.